The van der Waals surface area contributed by atoms with Crippen molar-refractivity contribution in [2.24, 2.45) is 0 Å². The molecular formula is C16H11NO6. The molecule has 0 unspecified atom stereocenters. The van der Waals surface area contributed by atoms with Gasteiger partial charge in [0.05, 0.1) is 11.3 Å². The van der Waals surface area contributed by atoms with Crippen LogP contribution in [-0.4, -0.2) is 25.3 Å². The van der Waals surface area contributed by atoms with Crippen LogP contribution in [0.2, 0.25) is 0 Å². The lowest BCUT2D eigenvalue weighted by Crippen LogP contribution is -2.25. The van der Waals surface area contributed by atoms with E-state index in [1.807, 2.05) is 0 Å². The second-order valence-electron chi connectivity index (χ2n) is 4.95. The SMILES string of the molecule is O=C1COc2ccc(OC(=O)c3ccc4c(c3)OCO4)cc2N1. The van der Waals surface area contributed by atoms with Crippen molar-refractivity contribution in [2.75, 3.05) is 18.7 Å². The molecule has 2 aromatic rings. The van der Waals surface area contributed by atoms with Gasteiger partial charge in [-0.05, 0) is 30.3 Å². The number of esters is 1. The van der Waals surface area contributed by atoms with E-state index < -0.39 is 5.97 Å². The van der Waals surface area contributed by atoms with E-state index in [4.69, 9.17) is 18.9 Å². The van der Waals surface area contributed by atoms with Gasteiger partial charge in [0.2, 0.25) is 6.79 Å². The number of fused-ring (bicyclic) bond motifs is 2. The van der Waals surface area contributed by atoms with Gasteiger partial charge in [-0.15, -0.1) is 0 Å². The first kappa shape index (κ1) is 13.4. The Labute approximate surface area is 130 Å². The molecule has 0 saturated carbocycles. The van der Waals surface area contributed by atoms with Crippen LogP contribution in [-0.2, 0) is 4.79 Å². The molecule has 2 aliphatic rings. The maximum Gasteiger partial charge on any atom is 0.343 e. The number of hydrogen-bond donors (Lipinski definition) is 1. The highest BCUT2D eigenvalue weighted by Gasteiger charge is 2.19. The predicted molar refractivity (Wildman–Crippen MR) is 78.1 cm³/mol. The van der Waals surface area contributed by atoms with Crippen molar-refractivity contribution in [3.8, 4) is 23.0 Å². The summed E-state index contributed by atoms with van der Waals surface area (Å²) in [6.07, 6.45) is 0. The third kappa shape index (κ3) is 2.52. The van der Waals surface area contributed by atoms with Gasteiger partial charge in [-0.1, -0.05) is 0 Å². The summed E-state index contributed by atoms with van der Waals surface area (Å²) in [6.45, 7) is 0.113. The zero-order valence-corrected chi connectivity index (χ0v) is 11.8. The van der Waals surface area contributed by atoms with Gasteiger partial charge < -0.3 is 24.3 Å². The van der Waals surface area contributed by atoms with Gasteiger partial charge in [0, 0.05) is 6.07 Å². The Bertz CT molecular complexity index is 816. The van der Waals surface area contributed by atoms with Crippen LogP contribution in [0.1, 0.15) is 10.4 Å². The van der Waals surface area contributed by atoms with E-state index >= 15 is 0 Å². The second-order valence-corrected chi connectivity index (χ2v) is 4.95. The average molecular weight is 313 g/mol. The Morgan fingerprint density at radius 2 is 1.83 bits per heavy atom. The van der Waals surface area contributed by atoms with Gasteiger partial charge in [0.1, 0.15) is 11.5 Å². The first-order valence-corrected chi connectivity index (χ1v) is 6.87. The average Bonchev–Trinajstić information content (AvgIpc) is 3.02. The Morgan fingerprint density at radius 1 is 1.00 bits per heavy atom. The van der Waals surface area contributed by atoms with E-state index in [2.05, 4.69) is 5.32 Å². The van der Waals surface area contributed by atoms with Crippen LogP contribution in [0, 0.1) is 0 Å². The minimum atomic E-state index is -0.536. The molecule has 116 valence electrons. The summed E-state index contributed by atoms with van der Waals surface area (Å²) in [5, 5.41) is 2.66. The fourth-order valence-electron chi connectivity index (χ4n) is 2.32. The summed E-state index contributed by atoms with van der Waals surface area (Å²) in [5.74, 6) is 1.15. The minimum absolute atomic E-state index is 0.0245. The minimum Gasteiger partial charge on any atom is -0.482 e. The van der Waals surface area contributed by atoms with Crippen LogP contribution >= 0.6 is 0 Å². The monoisotopic (exact) mass is 313 g/mol. The topological polar surface area (TPSA) is 83.1 Å². The quantitative estimate of drug-likeness (QED) is 0.674. The van der Waals surface area contributed by atoms with Crippen molar-refractivity contribution in [1.82, 2.24) is 0 Å². The second kappa shape index (κ2) is 5.20. The van der Waals surface area contributed by atoms with E-state index in [-0.39, 0.29) is 19.3 Å². The van der Waals surface area contributed by atoms with Crippen molar-refractivity contribution in [3.63, 3.8) is 0 Å². The molecule has 23 heavy (non-hydrogen) atoms. The summed E-state index contributed by atoms with van der Waals surface area (Å²) in [4.78, 5) is 23.5. The third-order valence-electron chi connectivity index (χ3n) is 3.40. The van der Waals surface area contributed by atoms with Gasteiger partial charge in [-0.25, -0.2) is 4.79 Å². The maximum atomic E-state index is 12.2. The first-order chi connectivity index (χ1) is 11.2. The molecule has 1 N–H and O–H groups in total. The summed E-state index contributed by atoms with van der Waals surface area (Å²) in [5.41, 5.74) is 0.810. The molecule has 4 rings (SSSR count). The van der Waals surface area contributed by atoms with Gasteiger partial charge in [0.25, 0.3) is 5.91 Å². The lowest BCUT2D eigenvalue weighted by atomic mass is 10.2. The molecule has 0 fully saturated rings. The van der Waals surface area contributed by atoms with E-state index in [0.29, 0.717) is 34.2 Å². The van der Waals surface area contributed by atoms with Crippen LogP contribution in [0.5, 0.6) is 23.0 Å². The highest BCUT2D eigenvalue weighted by Crippen LogP contribution is 2.34. The summed E-state index contributed by atoms with van der Waals surface area (Å²) < 4.78 is 21.0. The lowest BCUT2D eigenvalue weighted by molar-refractivity contribution is -0.118. The highest BCUT2D eigenvalue weighted by atomic mass is 16.7. The summed E-state index contributed by atoms with van der Waals surface area (Å²) in [7, 11) is 0. The van der Waals surface area contributed by atoms with Crippen LogP contribution in [0.3, 0.4) is 0 Å². The van der Waals surface area contributed by atoms with E-state index in [9.17, 15) is 9.59 Å². The van der Waals surface area contributed by atoms with Crippen molar-refractivity contribution in [2.45, 2.75) is 0 Å². The van der Waals surface area contributed by atoms with E-state index in [1.54, 1.807) is 30.3 Å². The number of carbonyl (C=O) groups is 2. The number of rotatable bonds is 2. The van der Waals surface area contributed by atoms with Gasteiger partial charge in [0.15, 0.2) is 18.1 Å². The molecule has 7 nitrogen and oxygen atoms in total. The molecule has 0 saturated heterocycles. The van der Waals surface area contributed by atoms with Crippen LogP contribution < -0.4 is 24.3 Å². The predicted octanol–water partition coefficient (Wildman–Crippen LogP) is 1.97. The number of hydrogen-bond acceptors (Lipinski definition) is 6. The smallest absolute Gasteiger partial charge is 0.343 e. The number of ether oxygens (including phenoxy) is 4. The van der Waals surface area contributed by atoms with Gasteiger partial charge in [-0.2, -0.15) is 0 Å². The normalized spacial score (nSPS) is 14.5. The fraction of sp³-hybridized carbons (Fsp3) is 0.125. The lowest BCUT2D eigenvalue weighted by Gasteiger charge is -2.18. The number of benzene rings is 2. The highest BCUT2D eigenvalue weighted by molar-refractivity contribution is 5.96. The summed E-state index contributed by atoms with van der Waals surface area (Å²) in [6, 6.07) is 9.59. The van der Waals surface area contributed by atoms with E-state index in [0.717, 1.165) is 0 Å². The number of amides is 1. The van der Waals surface area contributed by atoms with Crippen molar-refractivity contribution in [1.29, 1.82) is 0 Å². The molecule has 2 aromatic carbocycles. The Hall–Kier alpha value is -3.22. The molecular weight excluding hydrogens is 302 g/mol. The Balaban J connectivity index is 1.55. The molecule has 2 aliphatic heterocycles. The van der Waals surface area contributed by atoms with Crippen molar-refractivity contribution < 1.29 is 28.5 Å². The largest absolute Gasteiger partial charge is 0.482 e. The van der Waals surface area contributed by atoms with Crippen LogP contribution in [0.15, 0.2) is 36.4 Å². The first-order valence-electron chi connectivity index (χ1n) is 6.87. The zero-order chi connectivity index (χ0) is 15.8. The number of carbonyl (C=O) groups excluding carboxylic acids is 2. The Kier molecular flexibility index (Phi) is 3.04. The third-order valence-corrected chi connectivity index (χ3v) is 3.40. The fourth-order valence-corrected chi connectivity index (χ4v) is 2.32. The molecule has 0 bridgehead atoms. The van der Waals surface area contributed by atoms with Gasteiger partial charge >= 0.3 is 5.97 Å². The molecule has 0 radical (unpaired) electrons. The molecule has 0 spiro atoms. The van der Waals surface area contributed by atoms with E-state index in [1.165, 1.54) is 6.07 Å². The summed E-state index contributed by atoms with van der Waals surface area (Å²) >= 11 is 0. The number of nitrogens with one attached hydrogen (secondary N) is 1. The Morgan fingerprint density at radius 3 is 2.74 bits per heavy atom. The zero-order valence-electron chi connectivity index (χ0n) is 11.8. The van der Waals surface area contributed by atoms with Crippen molar-refractivity contribution in [3.05, 3.63) is 42.0 Å². The molecule has 0 atom stereocenters. The number of anilines is 1. The molecule has 0 aromatic heterocycles. The standard InChI is InChI=1S/C16H11NO6/c18-15-7-20-12-4-2-10(6-11(12)17-15)23-16(19)9-1-3-13-14(5-9)22-8-21-13/h1-6H,7-8H2,(H,17,18). The maximum absolute atomic E-state index is 12.2. The molecule has 0 aliphatic carbocycles. The molecule has 1 amide bonds. The molecule has 2 heterocycles. The van der Waals surface area contributed by atoms with Crippen LogP contribution in [0.25, 0.3) is 0 Å². The van der Waals surface area contributed by atoms with Crippen molar-refractivity contribution >= 4 is 17.6 Å². The van der Waals surface area contributed by atoms with Gasteiger partial charge in [-0.3, -0.25) is 4.79 Å². The van der Waals surface area contributed by atoms with Crippen LogP contribution in [0.4, 0.5) is 5.69 Å². The molecule has 7 heteroatoms.